The van der Waals surface area contributed by atoms with E-state index < -0.39 is 12.0 Å². The van der Waals surface area contributed by atoms with E-state index in [1.807, 2.05) is 25.3 Å². The number of thiophene rings is 1. The van der Waals surface area contributed by atoms with E-state index in [2.05, 4.69) is 0 Å². The largest absolute Gasteiger partial charge is 0.464 e. The molecular formula is C21H28N2O4S. The third-order valence-corrected chi connectivity index (χ3v) is 5.82. The first-order chi connectivity index (χ1) is 13.1. The number of rotatable bonds is 7. The third-order valence-electron chi connectivity index (χ3n) is 4.96. The molecule has 7 heteroatoms. The van der Waals surface area contributed by atoms with Crippen LogP contribution in [-0.4, -0.2) is 46.8 Å². The van der Waals surface area contributed by atoms with Crippen LogP contribution in [0.15, 0.2) is 17.5 Å². The normalized spacial score (nSPS) is 12.1. The van der Waals surface area contributed by atoms with Crippen molar-refractivity contribution in [2.45, 2.75) is 40.7 Å². The second-order valence-electron chi connectivity index (χ2n) is 7.35. The first-order valence-electron chi connectivity index (χ1n) is 9.24. The van der Waals surface area contributed by atoms with E-state index in [1.165, 1.54) is 18.4 Å². The van der Waals surface area contributed by atoms with Gasteiger partial charge in [0.2, 0.25) is 0 Å². The van der Waals surface area contributed by atoms with Crippen LogP contribution in [0.5, 0.6) is 0 Å². The predicted molar refractivity (Wildman–Crippen MR) is 110 cm³/mol. The van der Waals surface area contributed by atoms with Gasteiger partial charge in [0.1, 0.15) is 5.69 Å². The van der Waals surface area contributed by atoms with Gasteiger partial charge in [-0.05, 0) is 43.7 Å². The van der Waals surface area contributed by atoms with E-state index in [4.69, 9.17) is 4.74 Å². The number of aromatic nitrogens is 1. The maximum absolute atomic E-state index is 13.4. The summed E-state index contributed by atoms with van der Waals surface area (Å²) in [5.74, 6) is -0.596. The van der Waals surface area contributed by atoms with Gasteiger partial charge in [-0.2, -0.15) is 0 Å². The molecule has 6 nitrogen and oxygen atoms in total. The lowest BCUT2D eigenvalue weighted by Gasteiger charge is -2.30. The van der Waals surface area contributed by atoms with Crippen LogP contribution < -0.4 is 0 Å². The smallest absolute Gasteiger partial charge is 0.354 e. The second-order valence-corrected chi connectivity index (χ2v) is 8.30. The summed E-state index contributed by atoms with van der Waals surface area (Å²) >= 11 is 1.36. The van der Waals surface area contributed by atoms with Crippen molar-refractivity contribution in [3.63, 3.8) is 0 Å². The molecule has 0 fully saturated rings. The Morgan fingerprint density at radius 3 is 2.36 bits per heavy atom. The van der Waals surface area contributed by atoms with Crippen molar-refractivity contribution in [2.75, 3.05) is 13.7 Å². The fourth-order valence-corrected chi connectivity index (χ4v) is 4.11. The highest BCUT2D eigenvalue weighted by Gasteiger charge is 2.33. The van der Waals surface area contributed by atoms with Gasteiger partial charge in [-0.15, -0.1) is 11.3 Å². The van der Waals surface area contributed by atoms with E-state index in [9.17, 15) is 14.4 Å². The zero-order valence-corrected chi connectivity index (χ0v) is 18.3. The van der Waals surface area contributed by atoms with Gasteiger partial charge in [0, 0.05) is 24.8 Å². The minimum absolute atomic E-state index is 0.149. The minimum atomic E-state index is -0.651. The predicted octanol–water partition coefficient (Wildman–Crippen LogP) is 3.86. The van der Waals surface area contributed by atoms with Gasteiger partial charge in [-0.3, -0.25) is 9.59 Å². The van der Waals surface area contributed by atoms with Crippen molar-refractivity contribution in [1.29, 1.82) is 0 Å². The summed E-state index contributed by atoms with van der Waals surface area (Å²) in [4.78, 5) is 40.8. The fourth-order valence-electron chi connectivity index (χ4n) is 3.43. The number of esters is 1. The zero-order valence-electron chi connectivity index (χ0n) is 17.5. The molecule has 0 N–H and O–H groups in total. The molecule has 2 aromatic rings. The van der Waals surface area contributed by atoms with Crippen LogP contribution in [0.2, 0.25) is 0 Å². The molecule has 0 aromatic carbocycles. The molecule has 0 spiro atoms. The maximum atomic E-state index is 13.4. The van der Waals surface area contributed by atoms with E-state index in [1.54, 1.807) is 43.4 Å². The quantitative estimate of drug-likeness (QED) is 0.519. The number of carbonyl (C=O) groups excluding carboxylic acids is 3. The highest BCUT2D eigenvalue weighted by atomic mass is 32.1. The molecule has 0 unspecified atom stereocenters. The molecule has 152 valence electrons. The number of hydrogen-bond donors (Lipinski definition) is 0. The Labute approximate surface area is 170 Å². The van der Waals surface area contributed by atoms with Gasteiger partial charge in [0.15, 0.2) is 5.78 Å². The van der Waals surface area contributed by atoms with Crippen molar-refractivity contribution < 1.29 is 19.1 Å². The molecule has 0 saturated carbocycles. The standard InChI is InChI=1S/C21H28N2O4S/c1-12(2)11-23(20(25)16-9-8-10-28-16)15(5)19(24)17-13(3)18(21(26)27-7)22(6)14(17)4/h8-10,12,15H,11H2,1-7H3/t15-/m0/s1. The monoisotopic (exact) mass is 404 g/mol. The summed E-state index contributed by atoms with van der Waals surface area (Å²) in [7, 11) is 3.05. The Hall–Kier alpha value is -2.41. The molecule has 0 bridgehead atoms. The number of amides is 1. The van der Waals surface area contributed by atoms with Crippen molar-refractivity contribution >= 4 is 29.0 Å². The molecule has 2 heterocycles. The summed E-state index contributed by atoms with van der Waals surface area (Å²) in [6, 6.07) is 2.94. The van der Waals surface area contributed by atoms with Crippen LogP contribution in [0.1, 0.15) is 62.5 Å². The Bertz CT molecular complexity index is 881. The van der Waals surface area contributed by atoms with Crippen LogP contribution >= 0.6 is 11.3 Å². The number of hydrogen-bond acceptors (Lipinski definition) is 5. The van der Waals surface area contributed by atoms with Crippen LogP contribution in [0.3, 0.4) is 0 Å². The average Bonchev–Trinajstić information content (AvgIpc) is 3.25. The molecule has 0 radical (unpaired) electrons. The summed E-state index contributed by atoms with van der Waals surface area (Å²) in [6.45, 7) is 9.79. The lowest BCUT2D eigenvalue weighted by atomic mass is 9.99. The van der Waals surface area contributed by atoms with Crippen LogP contribution in [0.25, 0.3) is 0 Å². The topological polar surface area (TPSA) is 68.6 Å². The van der Waals surface area contributed by atoms with Gasteiger partial charge in [-0.25, -0.2) is 4.79 Å². The maximum Gasteiger partial charge on any atom is 0.354 e. The fraction of sp³-hybridized carbons (Fsp3) is 0.476. The van der Waals surface area contributed by atoms with E-state index >= 15 is 0 Å². The summed E-state index contributed by atoms with van der Waals surface area (Å²) in [6.07, 6.45) is 0. The average molecular weight is 405 g/mol. The third kappa shape index (κ3) is 4.04. The van der Waals surface area contributed by atoms with E-state index in [0.717, 1.165) is 0 Å². The minimum Gasteiger partial charge on any atom is -0.464 e. The van der Waals surface area contributed by atoms with Crippen molar-refractivity contribution in [1.82, 2.24) is 9.47 Å². The number of ketones is 1. The second kappa shape index (κ2) is 8.73. The summed E-state index contributed by atoms with van der Waals surface area (Å²) in [5, 5.41) is 1.85. The molecule has 28 heavy (non-hydrogen) atoms. The number of carbonyl (C=O) groups is 3. The molecule has 0 saturated heterocycles. The summed E-state index contributed by atoms with van der Waals surface area (Å²) in [5.41, 5.74) is 2.10. The number of nitrogens with zero attached hydrogens (tertiary/aromatic N) is 2. The zero-order chi connectivity index (χ0) is 21.2. The van der Waals surface area contributed by atoms with Gasteiger partial charge >= 0.3 is 5.97 Å². The molecular weight excluding hydrogens is 376 g/mol. The molecule has 0 aliphatic rings. The summed E-state index contributed by atoms with van der Waals surface area (Å²) < 4.78 is 6.54. The Morgan fingerprint density at radius 1 is 1.21 bits per heavy atom. The van der Waals surface area contributed by atoms with E-state index in [-0.39, 0.29) is 17.6 Å². The lowest BCUT2D eigenvalue weighted by molar-refractivity contribution is 0.0587. The number of ether oxygens (including phenoxy) is 1. The van der Waals surface area contributed by atoms with Crippen LogP contribution in [-0.2, 0) is 11.8 Å². The van der Waals surface area contributed by atoms with Crippen LogP contribution in [0.4, 0.5) is 0 Å². The van der Waals surface area contributed by atoms with Crippen LogP contribution in [0, 0.1) is 19.8 Å². The highest BCUT2D eigenvalue weighted by Crippen LogP contribution is 2.26. The van der Waals surface area contributed by atoms with Gasteiger partial charge in [-0.1, -0.05) is 19.9 Å². The SMILES string of the molecule is COC(=O)c1c(C)c(C(=O)[C@H](C)N(CC(C)C)C(=O)c2cccs2)c(C)n1C. The van der Waals surface area contributed by atoms with Gasteiger partial charge < -0.3 is 14.2 Å². The van der Waals surface area contributed by atoms with Gasteiger partial charge in [0.05, 0.1) is 18.0 Å². The lowest BCUT2D eigenvalue weighted by Crippen LogP contribution is -2.45. The Kier molecular flexibility index (Phi) is 6.82. The molecule has 0 aliphatic heterocycles. The number of methoxy groups -OCH3 is 1. The van der Waals surface area contributed by atoms with Crippen molar-refractivity contribution in [3.8, 4) is 0 Å². The molecule has 2 aromatic heterocycles. The van der Waals surface area contributed by atoms with Crippen molar-refractivity contribution in [3.05, 3.63) is 44.9 Å². The van der Waals surface area contributed by atoms with Gasteiger partial charge in [0.25, 0.3) is 5.91 Å². The first-order valence-corrected chi connectivity index (χ1v) is 10.1. The number of Topliss-reactive ketones (excluding diaryl/α,β-unsaturated/α-hetero) is 1. The highest BCUT2D eigenvalue weighted by molar-refractivity contribution is 7.12. The van der Waals surface area contributed by atoms with E-state index in [0.29, 0.717) is 33.9 Å². The first kappa shape index (κ1) is 21.9. The Balaban J connectivity index is 2.46. The molecule has 1 atom stereocenters. The van der Waals surface area contributed by atoms with Crippen molar-refractivity contribution in [2.24, 2.45) is 13.0 Å². The molecule has 1 amide bonds. The Morgan fingerprint density at radius 2 is 1.86 bits per heavy atom. The molecule has 0 aliphatic carbocycles. The molecule has 2 rings (SSSR count).